The van der Waals surface area contributed by atoms with E-state index in [1.54, 1.807) is 19.1 Å². The molecule has 1 fully saturated rings. The molecule has 2 unspecified atom stereocenters. The molecule has 4 N–H and O–H groups in total. The highest BCUT2D eigenvalue weighted by atomic mass is 32.2. The number of esters is 1. The second-order valence-corrected chi connectivity index (χ2v) is 9.71. The average molecular weight is 472 g/mol. The molecule has 0 radical (unpaired) electrons. The van der Waals surface area contributed by atoms with Gasteiger partial charge in [0.15, 0.2) is 0 Å². The van der Waals surface area contributed by atoms with Gasteiger partial charge in [0.25, 0.3) is 0 Å². The number of halogens is 1. The quantitative estimate of drug-likeness (QED) is 0.131. The van der Waals surface area contributed by atoms with Gasteiger partial charge in [0, 0.05) is 23.1 Å². The van der Waals surface area contributed by atoms with Gasteiger partial charge in [0.05, 0.1) is 18.8 Å². The molecule has 0 aromatic heterocycles. The van der Waals surface area contributed by atoms with Crippen molar-refractivity contribution in [3.8, 4) is 0 Å². The zero-order valence-corrected chi connectivity index (χ0v) is 19.7. The molecular formula is C24H38FNO5S. The van der Waals surface area contributed by atoms with Crippen LogP contribution < -0.4 is 5.48 Å². The molecule has 0 aliphatic heterocycles. The third kappa shape index (κ3) is 9.35. The minimum absolute atomic E-state index is 0.0849. The fourth-order valence-electron chi connectivity index (χ4n) is 4.59. The Morgan fingerprint density at radius 3 is 2.59 bits per heavy atom. The van der Waals surface area contributed by atoms with Crippen molar-refractivity contribution in [1.82, 2.24) is 5.48 Å². The number of carbonyl (C=O) groups excluding carboxylic acids is 1. The lowest BCUT2D eigenvalue weighted by Gasteiger charge is -2.26. The molecule has 5 atom stereocenters. The first-order chi connectivity index (χ1) is 15.4. The van der Waals surface area contributed by atoms with Crippen molar-refractivity contribution >= 4 is 17.7 Å². The summed E-state index contributed by atoms with van der Waals surface area (Å²) >= 11 is 1.49. The normalized spacial score (nSPS) is 23.9. The number of aliphatic hydroxyl groups excluding tert-OH is 2. The Hall–Kier alpha value is -1.19. The largest absolute Gasteiger partial charge is 0.466 e. The minimum Gasteiger partial charge on any atom is -0.466 e. The van der Waals surface area contributed by atoms with E-state index in [2.05, 4.69) is 5.48 Å². The Morgan fingerprint density at radius 2 is 1.91 bits per heavy atom. The summed E-state index contributed by atoms with van der Waals surface area (Å²) in [6, 6.07) is 6.06. The molecule has 1 aromatic carbocycles. The van der Waals surface area contributed by atoms with Gasteiger partial charge in [-0.25, -0.2) is 9.87 Å². The minimum atomic E-state index is -0.509. The van der Waals surface area contributed by atoms with Crippen LogP contribution in [-0.4, -0.2) is 52.0 Å². The molecule has 0 saturated heterocycles. The summed E-state index contributed by atoms with van der Waals surface area (Å²) in [6.45, 7) is 2.22. The first-order valence-corrected chi connectivity index (χ1v) is 12.7. The van der Waals surface area contributed by atoms with E-state index in [9.17, 15) is 24.6 Å². The zero-order valence-electron chi connectivity index (χ0n) is 18.9. The van der Waals surface area contributed by atoms with Crippen molar-refractivity contribution in [3.05, 3.63) is 30.1 Å². The van der Waals surface area contributed by atoms with Crippen LogP contribution in [0.1, 0.15) is 64.7 Å². The van der Waals surface area contributed by atoms with E-state index < -0.39 is 12.2 Å². The van der Waals surface area contributed by atoms with Gasteiger partial charge in [0.2, 0.25) is 0 Å². The summed E-state index contributed by atoms with van der Waals surface area (Å²) < 4.78 is 17.9. The summed E-state index contributed by atoms with van der Waals surface area (Å²) in [7, 11) is 0. The molecule has 1 aromatic rings. The van der Waals surface area contributed by atoms with Gasteiger partial charge >= 0.3 is 5.97 Å². The van der Waals surface area contributed by atoms with Crippen LogP contribution in [0.15, 0.2) is 29.2 Å². The molecule has 0 bridgehead atoms. The molecule has 8 heteroatoms. The lowest BCUT2D eigenvalue weighted by molar-refractivity contribution is -0.143. The van der Waals surface area contributed by atoms with Gasteiger partial charge in [0.1, 0.15) is 5.82 Å². The number of ether oxygens (including phenoxy) is 1. The van der Waals surface area contributed by atoms with Crippen LogP contribution in [-0.2, 0) is 9.53 Å². The fraction of sp³-hybridized carbons (Fsp3) is 0.708. The van der Waals surface area contributed by atoms with Crippen molar-refractivity contribution < 1.29 is 29.3 Å². The van der Waals surface area contributed by atoms with Gasteiger partial charge in [-0.15, -0.1) is 11.8 Å². The van der Waals surface area contributed by atoms with E-state index in [-0.39, 0.29) is 29.7 Å². The second kappa shape index (κ2) is 14.9. The maximum absolute atomic E-state index is 13.0. The number of hydrogen-bond acceptors (Lipinski definition) is 7. The smallest absolute Gasteiger partial charge is 0.305 e. The number of thioether (sulfide) groups is 1. The van der Waals surface area contributed by atoms with Crippen LogP contribution >= 0.6 is 11.8 Å². The number of nitrogens with one attached hydrogen (secondary N) is 1. The summed E-state index contributed by atoms with van der Waals surface area (Å²) in [6.07, 6.45) is 5.87. The molecule has 1 aliphatic rings. The third-order valence-electron chi connectivity index (χ3n) is 6.29. The lowest BCUT2D eigenvalue weighted by Crippen LogP contribution is -2.32. The van der Waals surface area contributed by atoms with Crippen LogP contribution in [0.25, 0.3) is 0 Å². The van der Waals surface area contributed by atoms with Crippen molar-refractivity contribution in [2.45, 2.75) is 87.9 Å². The van der Waals surface area contributed by atoms with Crippen molar-refractivity contribution in [3.63, 3.8) is 0 Å². The average Bonchev–Trinajstić information content (AvgIpc) is 3.08. The van der Waals surface area contributed by atoms with Crippen molar-refractivity contribution in [2.75, 3.05) is 12.4 Å². The van der Waals surface area contributed by atoms with Crippen LogP contribution in [0, 0.1) is 17.7 Å². The zero-order chi connectivity index (χ0) is 23.3. The lowest BCUT2D eigenvalue weighted by atomic mass is 9.84. The molecule has 0 amide bonds. The SMILES string of the molecule is CCOC(=O)CCCCCCC1[C@@H](CC[C@@H](O)CSc2ccc(F)cc2)C(NO)C[C@@H]1O. The predicted octanol–water partition coefficient (Wildman–Crippen LogP) is 4.31. The topological polar surface area (TPSA) is 99.0 Å². The van der Waals surface area contributed by atoms with E-state index in [0.717, 1.165) is 37.0 Å². The summed E-state index contributed by atoms with van der Waals surface area (Å²) in [4.78, 5) is 12.3. The maximum atomic E-state index is 13.0. The highest BCUT2D eigenvalue weighted by Gasteiger charge is 2.41. The third-order valence-corrected chi connectivity index (χ3v) is 7.44. The van der Waals surface area contributed by atoms with Gasteiger partial charge in [-0.1, -0.05) is 19.3 Å². The highest BCUT2D eigenvalue weighted by molar-refractivity contribution is 7.99. The Balaban J connectivity index is 1.72. The summed E-state index contributed by atoms with van der Waals surface area (Å²) in [5, 5.41) is 30.5. The van der Waals surface area contributed by atoms with Crippen molar-refractivity contribution in [1.29, 1.82) is 0 Å². The Labute approximate surface area is 194 Å². The van der Waals surface area contributed by atoms with E-state index in [4.69, 9.17) is 4.74 Å². The molecule has 2 rings (SSSR count). The van der Waals surface area contributed by atoms with Crippen LogP contribution in [0.3, 0.4) is 0 Å². The summed E-state index contributed by atoms with van der Waals surface area (Å²) in [5.74, 6) is 0.277. The number of unbranched alkanes of at least 4 members (excludes halogenated alkanes) is 3. The van der Waals surface area contributed by atoms with Crippen molar-refractivity contribution in [2.24, 2.45) is 11.8 Å². The molecule has 0 spiro atoms. The van der Waals surface area contributed by atoms with Gasteiger partial charge in [-0.2, -0.15) is 0 Å². The van der Waals surface area contributed by atoms with E-state index >= 15 is 0 Å². The maximum Gasteiger partial charge on any atom is 0.305 e. The molecule has 1 saturated carbocycles. The van der Waals surface area contributed by atoms with E-state index in [1.807, 2.05) is 0 Å². The van der Waals surface area contributed by atoms with Gasteiger partial charge < -0.3 is 20.2 Å². The molecule has 32 heavy (non-hydrogen) atoms. The Kier molecular flexibility index (Phi) is 12.6. The van der Waals surface area contributed by atoms with Crippen LogP contribution in [0.4, 0.5) is 4.39 Å². The molecule has 182 valence electrons. The number of benzene rings is 1. The monoisotopic (exact) mass is 471 g/mol. The van der Waals surface area contributed by atoms with Crippen LogP contribution in [0.2, 0.25) is 0 Å². The number of hydrogen-bond donors (Lipinski definition) is 4. The highest BCUT2D eigenvalue weighted by Crippen LogP contribution is 2.39. The summed E-state index contributed by atoms with van der Waals surface area (Å²) in [5.41, 5.74) is 2.36. The number of carbonyl (C=O) groups is 1. The van der Waals surface area contributed by atoms with Gasteiger partial charge in [-0.05, 0) is 75.1 Å². The first kappa shape index (κ1) is 27.1. The first-order valence-electron chi connectivity index (χ1n) is 11.7. The number of aliphatic hydroxyl groups is 2. The fourth-order valence-corrected chi connectivity index (χ4v) is 5.47. The second-order valence-electron chi connectivity index (χ2n) is 8.62. The standard InChI is InChI=1S/C24H38FNO5S/c1-2-31-24(29)8-6-4-3-5-7-21-20(22(26-30)15-23(21)28)14-11-18(27)16-32-19-12-9-17(25)10-13-19/h9-10,12-13,18,20-23,26-28,30H,2-8,11,14-16H2,1H3/t18-,20-,21?,22?,23+/m1/s1. The molecule has 6 nitrogen and oxygen atoms in total. The van der Waals surface area contributed by atoms with E-state index in [0.29, 0.717) is 38.0 Å². The number of hydroxylamine groups is 1. The molecule has 0 heterocycles. The van der Waals surface area contributed by atoms with Gasteiger partial charge in [-0.3, -0.25) is 4.79 Å². The molecular weight excluding hydrogens is 433 g/mol. The molecule has 1 aliphatic carbocycles. The predicted molar refractivity (Wildman–Crippen MR) is 123 cm³/mol. The van der Waals surface area contributed by atoms with E-state index in [1.165, 1.54) is 23.9 Å². The Morgan fingerprint density at radius 1 is 1.19 bits per heavy atom. The Bertz CT molecular complexity index is 662. The number of rotatable bonds is 15. The van der Waals surface area contributed by atoms with Crippen LogP contribution in [0.5, 0.6) is 0 Å².